The lowest BCUT2D eigenvalue weighted by Gasteiger charge is -2.63. The molecule has 2 bridgehead atoms. The summed E-state index contributed by atoms with van der Waals surface area (Å²) in [5, 5.41) is 15.3. The Morgan fingerprint density at radius 2 is 1.37 bits per heavy atom. The van der Waals surface area contributed by atoms with Gasteiger partial charge in [0, 0.05) is 53.5 Å². The molecule has 3 aliphatic carbocycles. The highest BCUT2D eigenvalue weighted by Crippen LogP contribution is 2.62. The van der Waals surface area contributed by atoms with Crippen molar-refractivity contribution in [2.75, 3.05) is 12.8 Å². The van der Waals surface area contributed by atoms with Gasteiger partial charge in [0.1, 0.15) is 23.9 Å². The van der Waals surface area contributed by atoms with Crippen LogP contribution in [-0.4, -0.2) is 92.2 Å². The Bertz CT molecular complexity index is 1400. The van der Waals surface area contributed by atoms with Gasteiger partial charge in [0.15, 0.2) is 12.2 Å². The molecule has 2 fully saturated rings. The Kier molecular flexibility index (Phi) is 10.8. The van der Waals surface area contributed by atoms with Crippen LogP contribution in [0.15, 0.2) is 11.1 Å². The highest BCUT2D eigenvalue weighted by molar-refractivity contribution is 7.86. The predicted octanol–water partition coefficient (Wildman–Crippen LogP) is 1.72. The first-order valence-corrected chi connectivity index (χ1v) is 17.0. The summed E-state index contributed by atoms with van der Waals surface area (Å²) in [6, 6.07) is 0. The number of nitrogens with one attached hydrogen (secondary N) is 1. The second-order valence-electron chi connectivity index (χ2n) is 13.6. The molecule has 260 valence electrons. The van der Waals surface area contributed by atoms with E-state index in [2.05, 4.69) is 5.32 Å². The molecule has 0 radical (unpaired) electrons. The Morgan fingerprint density at radius 1 is 0.826 bits per heavy atom. The smallest absolute Gasteiger partial charge is 0.303 e. The number of rotatable bonds is 8. The van der Waals surface area contributed by atoms with Gasteiger partial charge in [-0.1, -0.05) is 20.8 Å². The monoisotopic (exact) mass is 673 g/mol. The molecule has 46 heavy (non-hydrogen) atoms. The van der Waals surface area contributed by atoms with Crippen molar-refractivity contribution in [1.29, 1.82) is 0 Å². The van der Waals surface area contributed by atoms with Crippen molar-refractivity contribution in [1.82, 2.24) is 5.32 Å². The average Bonchev–Trinajstić information content (AvgIpc) is 2.86. The Balaban J connectivity index is 2.51. The van der Waals surface area contributed by atoms with Crippen LogP contribution in [0, 0.1) is 22.7 Å². The molecule has 2 saturated carbocycles. The van der Waals surface area contributed by atoms with Crippen LogP contribution in [0.5, 0.6) is 0 Å². The minimum atomic E-state index is -4.22. The SMILES string of the molecule is CC(=O)NC[C@]1(O)[C@@H](OS(C)(=O)=O)C[C@H](OC(C)=O)[C@]2(C)[C@@H]1C[C@@H]1C[C@H](OC(C)=O)C(C)=C([C@@H](OC(C)=O)[C@@H]2OC(C)=O)C1(C)C. The summed E-state index contributed by atoms with van der Waals surface area (Å²) in [5.74, 6) is -4.89. The summed E-state index contributed by atoms with van der Waals surface area (Å²) in [5.41, 5.74) is -3.45. The summed E-state index contributed by atoms with van der Waals surface area (Å²) in [7, 11) is -4.22. The third-order valence-electron chi connectivity index (χ3n) is 9.96. The van der Waals surface area contributed by atoms with Crippen molar-refractivity contribution in [3.63, 3.8) is 0 Å². The number of hydrogen-bond donors (Lipinski definition) is 2. The van der Waals surface area contributed by atoms with Gasteiger partial charge < -0.3 is 29.4 Å². The van der Waals surface area contributed by atoms with Crippen LogP contribution in [0.25, 0.3) is 0 Å². The summed E-state index contributed by atoms with van der Waals surface area (Å²) < 4.78 is 54.1. The number of esters is 4. The van der Waals surface area contributed by atoms with Crippen LogP contribution in [0.4, 0.5) is 0 Å². The van der Waals surface area contributed by atoms with Gasteiger partial charge in [0.25, 0.3) is 10.1 Å². The zero-order chi connectivity index (χ0) is 35.2. The van der Waals surface area contributed by atoms with Gasteiger partial charge in [0.05, 0.1) is 11.7 Å². The molecule has 3 rings (SSSR count). The van der Waals surface area contributed by atoms with Gasteiger partial charge in [0.2, 0.25) is 5.91 Å². The Hall–Kier alpha value is -3.04. The second kappa shape index (κ2) is 13.2. The molecule has 1 amide bonds. The van der Waals surface area contributed by atoms with Crippen LogP contribution < -0.4 is 5.32 Å². The number of carbonyl (C=O) groups excluding carboxylic acids is 5. The zero-order valence-corrected chi connectivity index (χ0v) is 28.9. The molecule has 0 aromatic carbocycles. The molecule has 3 aliphatic rings. The number of fused-ring (bicyclic) bond motifs is 3. The quantitative estimate of drug-likeness (QED) is 0.164. The van der Waals surface area contributed by atoms with E-state index < -0.39 is 105 Å². The fourth-order valence-electron chi connectivity index (χ4n) is 8.07. The second-order valence-corrected chi connectivity index (χ2v) is 15.2. The minimum absolute atomic E-state index is 0.0695. The van der Waals surface area contributed by atoms with Crippen molar-refractivity contribution in [2.45, 2.75) is 118 Å². The summed E-state index contributed by atoms with van der Waals surface area (Å²) >= 11 is 0. The molecular weight excluding hydrogens is 626 g/mol. The first kappa shape index (κ1) is 37.4. The highest BCUT2D eigenvalue weighted by Gasteiger charge is 2.70. The normalized spacial score (nSPS) is 35.4. The van der Waals surface area contributed by atoms with Crippen molar-refractivity contribution in [3.8, 4) is 0 Å². The molecule has 0 aliphatic heterocycles. The molecule has 9 atom stereocenters. The minimum Gasteiger partial charge on any atom is -0.462 e. The first-order chi connectivity index (χ1) is 20.9. The standard InChI is InChI=1S/C31H47NO13S/c1-15-22(41-17(3)34)11-21-12-23-30(9,28(44-20(6)37)27(43-19(5)36)26(15)29(21,7)8)24(42-18(4)35)13-25(45-46(10,39)40)31(23,38)14-32-16(2)33/h21-25,27-28,38H,11-14H2,1-10H3,(H,32,33)/t21-,22-,23-,24-,25-,27+,28-,30-,31+/m0/s1. The van der Waals surface area contributed by atoms with E-state index in [1.807, 2.05) is 13.8 Å². The topological polar surface area (TPSA) is 198 Å². The molecule has 0 heterocycles. The van der Waals surface area contributed by atoms with Gasteiger partial charge in [-0.2, -0.15) is 8.42 Å². The maximum Gasteiger partial charge on any atom is 0.303 e. The lowest BCUT2D eigenvalue weighted by Crippen LogP contribution is -2.73. The molecule has 2 N–H and O–H groups in total. The Morgan fingerprint density at radius 3 is 1.85 bits per heavy atom. The van der Waals surface area contributed by atoms with Gasteiger partial charge in [-0.25, -0.2) is 0 Å². The van der Waals surface area contributed by atoms with E-state index in [9.17, 15) is 37.5 Å². The van der Waals surface area contributed by atoms with Crippen LogP contribution in [0.2, 0.25) is 0 Å². The van der Waals surface area contributed by atoms with E-state index in [0.717, 1.165) is 20.1 Å². The fourth-order valence-corrected chi connectivity index (χ4v) is 8.74. The van der Waals surface area contributed by atoms with Crippen molar-refractivity contribution in [2.24, 2.45) is 22.7 Å². The van der Waals surface area contributed by atoms with E-state index in [4.69, 9.17) is 23.1 Å². The molecule has 14 nitrogen and oxygen atoms in total. The lowest BCUT2D eigenvalue weighted by molar-refractivity contribution is -0.263. The highest BCUT2D eigenvalue weighted by atomic mass is 32.2. The number of amides is 1. The van der Waals surface area contributed by atoms with Crippen LogP contribution >= 0.6 is 0 Å². The van der Waals surface area contributed by atoms with Gasteiger partial charge in [-0.15, -0.1) is 0 Å². The fraction of sp³-hybridized carbons (Fsp3) is 0.774. The van der Waals surface area contributed by atoms with Crippen molar-refractivity contribution in [3.05, 3.63) is 11.1 Å². The lowest BCUT2D eigenvalue weighted by atomic mass is 9.47. The molecule has 0 aromatic rings. The number of carbonyl (C=O) groups is 5. The van der Waals surface area contributed by atoms with Crippen LogP contribution in [0.3, 0.4) is 0 Å². The van der Waals surface area contributed by atoms with Gasteiger partial charge in [-0.05, 0) is 42.2 Å². The van der Waals surface area contributed by atoms with E-state index in [-0.39, 0.29) is 19.3 Å². The summed E-state index contributed by atoms with van der Waals surface area (Å²) in [4.78, 5) is 62.6. The van der Waals surface area contributed by atoms with Gasteiger partial charge >= 0.3 is 23.9 Å². The molecule has 0 spiro atoms. The van der Waals surface area contributed by atoms with Crippen LogP contribution in [0.1, 0.15) is 81.6 Å². The largest absolute Gasteiger partial charge is 0.462 e. The molecule has 15 heteroatoms. The van der Waals surface area contributed by atoms with Crippen molar-refractivity contribution >= 4 is 39.9 Å². The summed E-state index contributed by atoms with van der Waals surface area (Å²) in [6.45, 7) is 12.7. The first-order valence-electron chi connectivity index (χ1n) is 15.2. The maximum absolute atomic E-state index is 12.9. The molecule has 0 unspecified atom stereocenters. The van der Waals surface area contributed by atoms with E-state index >= 15 is 0 Å². The van der Waals surface area contributed by atoms with Crippen molar-refractivity contribution < 1.29 is 60.6 Å². The van der Waals surface area contributed by atoms with Crippen LogP contribution in [-0.2, 0) is 57.2 Å². The number of aliphatic hydroxyl groups is 1. The molecular formula is C31H47NO13S. The number of hydrogen-bond acceptors (Lipinski definition) is 13. The van der Waals surface area contributed by atoms with Gasteiger partial charge in [-0.3, -0.25) is 28.2 Å². The zero-order valence-electron chi connectivity index (χ0n) is 28.1. The van der Waals surface area contributed by atoms with E-state index in [1.165, 1.54) is 20.8 Å². The molecule has 0 saturated heterocycles. The third-order valence-corrected chi connectivity index (χ3v) is 10.5. The van der Waals surface area contributed by atoms with E-state index in [0.29, 0.717) is 11.1 Å². The Labute approximate surface area is 270 Å². The third kappa shape index (κ3) is 7.41. The maximum atomic E-state index is 12.9. The van der Waals surface area contributed by atoms with E-state index in [1.54, 1.807) is 13.8 Å². The average molecular weight is 674 g/mol. The molecule has 0 aromatic heterocycles. The summed E-state index contributed by atoms with van der Waals surface area (Å²) in [6.07, 6.45) is -5.53. The number of ether oxygens (including phenoxy) is 4. The predicted molar refractivity (Wildman–Crippen MR) is 161 cm³/mol.